The van der Waals surface area contributed by atoms with Crippen molar-refractivity contribution < 1.29 is 9.53 Å². The summed E-state index contributed by atoms with van der Waals surface area (Å²) < 4.78 is 5.25. The summed E-state index contributed by atoms with van der Waals surface area (Å²) >= 11 is 0. The molecule has 0 bridgehead atoms. The third kappa shape index (κ3) is 4.56. The maximum Gasteiger partial charge on any atom is 0.293 e. The molecule has 1 heterocycles. The molecule has 0 aromatic heterocycles. The van der Waals surface area contributed by atoms with E-state index in [9.17, 15) is 4.79 Å². The molecule has 1 saturated heterocycles. The van der Waals surface area contributed by atoms with Crippen molar-refractivity contribution in [1.82, 2.24) is 5.32 Å². The fourth-order valence-electron chi connectivity index (χ4n) is 2.67. The monoisotopic (exact) mass is 262 g/mol. The van der Waals surface area contributed by atoms with Crippen molar-refractivity contribution in [2.24, 2.45) is 5.92 Å². The zero-order chi connectivity index (χ0) is 13.5. The first-order valence-corrected chi connectivity index (χ1v) is 6.92. The van der Waals surface area contributed by atoms with E-state index in [-0.39, 0.29) is 6.10 Å². The Morgan fingerprint density at radius 1 is 1.32 bits per heavy atom. The van der Waals surface area contributed by atoms with Crippen LogP contribution in [-0.2, 0) is 16.0 Å². The van der Waals surface area contributed by atoms with Gasteiger partial charge >= 0.3 is 0 Å². The lowest BCUT2D eigenvalue weighted by atomic mass is 9.90. The molecule has 1 aromatic rings. The van der Waals surface area contributed by atoms with Crippen LogP contribution in [0.4, 0.5) is 5.69 Å². The molecule has 104 valence electrons. The summed E-state index contributed by atoms with van der Waals surface area (Å²) in [6.07, 6.45) is 4.03. The van der Waals surface area contributed by atoms with Crippen molar-refractivity contribution in [1.29, 1.82) is 0 Å². The summed E-state index contributed by atoms with van der Waals surface area (Å²) in [7, 11) is 0. The fourth-order valence-corrected chi connectivity index (χ4v) is 2.67. The van der Waals surface area contributed by atoms with Gasteiger partial charge in [0.25, 0.3) is 6.47 Å². The third-order valence-corrected chi connectivity index (χ3v) is 3.75. The normalized spacial score (nSPS) is 17.9. The van der Waals surface area contributed by atoms with Crippen LogP contribution >= 0.6 is 0 Å². The molecular formula is C15H22N2O2. The van der Waals surface area contributed by atoms with Gasteiger partial charge in [-0.05, 0) is 56.0 Å². The van der Waals surface area contributed by atoms with Gasteiger partial charge in [-0.25, -0.2) is 0 Å². The zero-order valence-corrected chi connectivity index (χ0v) is 11.2. The largest absolute Gasteiger partial charge is 0.464 e. The highest BCUT2D eigenvalue weighted by Gasteiger charge is 2.20. The molecule has 0 spiro atoms. The lowest BCUT2D eigenvalue weighted by Crippen LogP contribution is -2.30. The van der Waals surface area contributed by atoms with Crippen LogP contribution in [0.25, 0.3) is 0 Å². The fraction of sp³-hybridized carbons (Fsp3) is 0.533. The van der Waals surface area contributed by atoms with Gasteiger partial charge in [0, 0.05) is 12.1 Å². The van der Waals surface area contributed by atoms with Crippen molar-refractivity contribution in [2.75, 3.05) is 18.8 Å². The molecule has 4 heteroatoms. The smallest absolute Gasteiger partial charge is 0.293 e. The van der Waals surface area contributed by atoms with Crippen LogP contribution in [-0.4, -0.2) is 25.7 Å². The number of carbonyl (C=O) groups is 1. The SMILES string of the molecule is Nc1ccc(CC(CC2CCNCC2)OC=O)cc1. The summed E-state index contributed by atoms with van der Waals surface area (Å²) in [5.74, 6) is 0.653. The van der Waals surface area contributed by atoms with Gasteiger partial charge in [-0.1, -0.05) is 12.1 Å². The van der Waals surface area contributed by atoms with E-state index in [2.05, 4.69) is 5.32 Å². The topological polar surface area (TPSA) is 64.3 Å². The number of ether oxygens (including phenoxy) is 1. The number of nitrogens with two attached hydrogens (primary N) is 1. The van der Waals surface area contributed by atoms with E-state index in [0.717, 1.165) is 37.2 Å². The van der Waals surface area contributed by atoms with Crippen molar-refractivity contribution in [2.45, 2.75) is 31.8 Å². The number of nitrogens with one attached hydrogen (secondary N) is 1. The molecule has 1 aliphatic heterocycles. The van der Waals surface area contributed by atoms with Crippen LogP contribution in [0.5, 0.6) is 0 Å². The van der Waals surface area contributed by atoms with Crippen LogP contribution in [0.15, 0.2) is 24.3 Å². The average molecular weight is 262 g/mol. The van der Waals surface area contributed by atoms with Crippen LogP contribution in [0.2, 0.25) is 0 Å². The predicted octanol–water partition coefficient (Wildman–Crippen LogP) is 1.74. The summed E-state index contributed by atoms with van der Waals surface area (Å²) in [6, 6.07) is 7.77. The highest BCUT2D eigenvalue weighted by molar-refractivity contribution is 5.40. The minimum Gasteiger partial charge on any atom is -0.464 e. The van der Waals surface area contributed by atoms with Gasteiger partial charge < -0.3 is 15.8 Å². The Kier molecular flexibility index (Phi) is 5.21. The predicted molar refractivity (Wildman–Crippen MR) is 75.7 cm³/mol. The Hall–Kier alpha value is -1.55. The second-order valence-electron chi connectivity index (χ2n) is 5.23. The second-order valence-corrected chi connectivity index (χ2v) is 5.23. The van der Waals surface area contributed by atoms with E-state index in [1.807, 2.05) is 24.3 Å². The average Bonchev–Trinajstić information content (AvgIpc) is 2.43. The van der Waals surface area contributed by atoms with Crippen molar-refractivity contribution in [3.05, 3.63) is 29.8 Å². The second kappa shape index (κ2) is 7.14. The first kappa shape index (κ1) is 13.9. The number of anilines is 1. The van der Waals surface area contributed by atoms with Crippen LogP contribution < -0.4 is 11.1 Å². The molecule has 0 aliphatic carbocycles. The number of piperidine rings is 1. The summed E-state index contributed by atoms with van der Waals surface area (Å²) in [5, 5.41) is 3.35. The van der Waals surface area contributed by atoms with E-state index in [4.69, 9.17) is 10.5 Å². The summed E-state index contributed by atoms with van der Waals surface area (Å²) in [6.45, 7) is 2.71. The number of carbonyl (C=O) groups excluding carboxylic acids is 1. The first-order chi connectivity index (χ1) is 9.28. The highest BCUT2D eigenvalue weighted by atomic mass is 16.5. The Morgan fingerprint density at radius 2 is 2.00 bits per heavy atom. The van der Waals surface area contributed by atoms with Gasteiger partial charge in [-0.15, -0.1) is 0 Å². The molecule has 2 rings (SSSR count). The van der Waals surface area contributed by atoms with Gasteiger partial charge in [0.1, 0.15) is 6.10 Å². The van der Waals surface area contributed by atoms with E-state index in [1.54, 1.807) is 0 Å². The molecule has 0 radical (unpaired) electrons. The van der Waals surface area contributed by atoms with Gasteiger partial charge in [-0.2, -0.15) is 0 Å². The Morgan fingerprint density at radius 3 is 2.63 bits per heavy atom. The molecule has 1 atom stereocenters. The molecule has 4 nitrogen and oxygen atoms in total. The molecule has 1 unspecified atom stereocenters. The minimum absolute atomic E-state index is 0.0239. The minimum atomic E-state index is -0.0239. The standard InChI is InChI=1S/C15H22N2O2/c16-14-3-1-12(2-4-14)9-15(19-11-18)10-13-5-7-17-8-6-13/h1-4,11,13,15,17H,5-10,16H2. The van der Waals surface area contributed by atoms with Crippen LogP contribution in [0, 0.1) is 5.92 Å². The maximum absolute atomic E-state index is 10.6. The number of hydrogen-bond acceptors (Lipinski definition) is 4. The highest BCUT2D eigenvalue weighted by Crippen LogP contribution is 2.21. The molecule has 0 amide bonds. The van der Waals surface area contributed by atoms with E-state index in [1.165, 1.54) is 12.8 Å². The number of benzene rings is 1. The summed E-state index contributed by atoms with van der Waals surface area (Å²) in [4.78, 5) is 10.6. The molecule has 1 aromatic carbocycles. The van der Waals surface area contributed by atoms with Crippen molar-refractivity contribution in [3.8, 4) is 0 Å². The Bertz CT molecular complexity index is 386. The molecule has 19 heavy (non-hydrogen) atoms. The van der Waals surface area contributed by atoms with Crippen LogP contribution in [0.3, 0.4) is 0 Å². The third-order valence-electron chi connectivity index (χ3n) is 3.75. The Labute approximate surface area is 114 Å². The van der Waals surface area contributed by atoms with Crippen LogP contribution in [0.1, 0.15) is 24.8 Å². The molecule has 0 saturated carbocycles. The van der Waals surface area contributed by atoms with Gasteiger partial charge in [0.15, 0.2) is 0 Å². The molecule has 1 aliphatic rings. The molecule has 3 N–H and O–H groups in total. The maximum atomic E-state index is 10.6. The van der Waals surface area contributed by atoms with Gasteiger partial charge in [-0.3, -0.25) is 4.79 Å². The number of hydrogen-bond donors (Lipinski definition) is 2. The first-order valence-electron chi connectivity index (χ1n) is 6.92. The quantitative estimate of drug-likeness (QED) is 0.605. The number of rotatable bonds is 6. The van der Waals surface area contributed by atoms with E-state index >= 15 is 0 Å². The van der Waals surface area contributed by atoms with Crippen molar-refractivity contribution in [3.63, 3.8) is 0 Å². The van der Waals surface area contributed by atoms with Gasteiger partial charge in [0.05, 0.1) is 0 Å². The molecular weight excluding hydrogens is 240 g/mol. The number of nitrogen functional groups attached to an aromatic ring is 1. The van der Waals surface area contributed by atoms with Gasteiger partial charge in [0.2, 0.25) is 0 Å². The van der Waals surface area contributed by atoms with E-state index < -0.39 is 0 Å². The molecule has 1 fully saturated rings. The lowest BCUT2D eigenvalue weighted by molar-refractivity contribution is -0.134. The Balaban J connectivity index is 1.90. The van der Waals surface area contributed by atoms with E-state index in [0.29, 0.717) is 12.4 Å². The lowest BCUT2D eigenvalue weighted by Gasteiger charge is -2.26. The van der Waals surface area contributed by atoms with Crippen molar-refractivity contribution >= 4 is 12.2 Å². The summed E-state index contributed by atoms with van der Waals surface area (Å²) in [5.41, 5.74) is 7.59. The zero-order valence-electron chi connectivity index (χ0n) is 11.2.